The zero-order valence-electron chi connectivity index (χ0n) is 22.7. The van der Waals surface area contributed by atoms with Gasteiger partial charge in [0.25, 0.3) is 0 Å². The molecule has 0 spiro atoms. The van der Waals surface area contributed by atoms with Gasteiger partial charge in [-0.2, -0.15) is 0 Å². The van der Waals surface area contributed by atoms with E-state index >= 15 is 0 Å². The lowest BCUT2D eigenvalue weighted by Gasteiger charge is -2.37. The summed E-state index contributed by atoms with van der Waals surface area (Å²) in [6, 6.07) is 16.2. The Labute approximate surface area is 232 Å². The van der Waals surface area contributed by atoms with Gasteiger partial charge in [-0.05, 0) is 102 Å². The molecule has 0 bridgehead atoms. The summed E-state index contributed by atoms with van der Waals surface area (Å²) in [4.78, 5) is 12.8. The van der Waals surface area contributed by atoms with Crippen LogP contribution in [-0.2, 0) is 4.74 Å². The summed E-state index contributed by atoms with van der Waals surface area (Å²) >= 11 is 0. The van der Waals surface area contributed by atoms with E-state index in [4.69, 9.17) is 14.2 Å². The van der Waals surface area contributed by atoms with Crippen LogP contribution in [0.2, 0.25) is 0 Å². The van der Waals surface area contributed by atoms with Gasteiger partial charge in [-0.25, -0.2) is 4.79 Å². The third kappa shape index (κ3) is 6.61. The monoisotopic (exact) mass is 554 g/mol. The fourth-order valence-corrected chi connectivity index (χ4v) is 5.31. The number of fused-ring (bicyclic) bond motifs is 3. The molecule has 0 saturated heterocycles. The molecule has 3 aromatic carbocycles. The van der Waals surface area contributed by atoms with Crippen LogP contribution in [0.4, 0.5) is 13.2 Å². The Morgan fingerprint density at radius 2 is 1.50 bits per heavy atom. The van der Waals surface area contributed by atoms with E-state index in [1.54, 1.807) is 6.07 Å². The number of hydrogen-bond acceptors (Lipinski definition) is 5. The zero-order chi connectivity index (χ0) is 28.3. The Kier molecular flexibility index (Phi) is 8.08. The number of ether oxygens (including phenoxy) is 4. The number of benzene rings is 3. The third-order valence-corrected chi connectivity index (χ3v) is 7.76. The van der Waals surface area contributed by atoms with Crippen LogP contribution in [0.15, 0.2) is 60.7 Å². The first kappa shape index (κ1) is 28.0. The normalized spacial score (nSPS) is 17.0. The number of carbonyl (C=O) groups excluding carboxylic acids is 1. The van der Waals surface area contributed by atoms with Crippen molar-refractivity contribution < 1.29 is 36.9 Å². The molecule has 0 amide bonds. The zero-order valence-corrected chi connectivity index (χ0v) is 22.7. The molecule has 0 aliphatic heterocycles. The molecule has 0 radical (unpaired) electrons. The van der Waals surface area contributed by atoms with Crippen LogP contribution in [0.3, 0.4) is 0 Å². The highest BCUT2D eigenvalue weighted by Crippen LogP contribution is 2.46. The van der Waals surface area contributed by atoms with Crippen LogP contribution in [-0.4, -0.2) is 32.2 Å². The Bertz CT molecular complexity index is 1350. The Morgan fingerprint density at radius 1 is 0.875 bits per heavy atom. The van der Waals surface area contributed by atoms with E-state index in [1.807, 2.05) is 18.2 Å². The van der Waals surface area contributed by atoms with E-state index in [0.29, 0.717) is 17.6 Å². The molecule has 8 heteroatoms. The minimum Gasteiger partial charge on any atom is -0.494 e. The molecule has 1 atom stereocenters. The SMILES string of the molecule is CC1c2cc(OCCCCOCC3(C)CCC3)ccc2-c2ccc(C(=O)Oc3ccc(OC(F)(F)F)cc3)cc21. The molecule has 2 aliphatic rings. The fraction of sp³-hybridized carbons (Fsp3) is 0.406. The first-order chi connectivity index (χ1) is 19.1. The number of unbranched alkanes of at least 4 members (excludes halogenated alkanes) is 1. The van der Waals surface area contributed by atoms with Crippen molar-refractivity contribution in [3.05, 3.63) is 77.4 Å². The predicted octanol–water partition coefficient (Wildman–Crippen LogP) is 8.30. The van der Waals surface area contributed by atoms with Crippen molar-refractivity contribution in [2.45, 2.75) is 58.2 Å². The molecule has 0 N–H and O–H groups in total. The quantitative estimate of drug-likeness (QED) is 0.136. The maximum Gasteiger partial charge on any atom is 0.573 e. The molecule has 212 valence electrons. The Morgan fingerprint density at radius 3 is 2.17 bits per heavy atom. The van der Waals surface area contributed by atoms with Gasteiger partial charge in [-0.15, -0.1) is 13.2 Å². The summed E-state index contributed by atoms with van der Waals surface area (Å²) in [5.74, 6) is 0.0188. The van der Waals surface area contributed by atoms with Crippen LogP contribution in [0.1, 0.15) is 73.4 Å². The molecule has 2 aliphatic carbocycles. The predicted molar refractivity (Wildman–Crippen MR) is 145 cm³/mol. The molecule has 1 unspecified atom stereocenters. The number of alkyl halides is 3. The van der Waals surface area contributed by atoms with Crippen molar-refractivity contribution in [3.8, 4) is 28.4 Å². The number of carbonyl (C=O) groups is 1. The van der Waals surface area contributed by atoms with Gasteiger partial charge in [0.05, 0.1) is 18.8 Å². The second-order valence-corrected chi connectivity index (χ2v) is 11.0. The highest BCUT2D eigenvalue weighted by Gasteiger charge is 2.32. The maximum absolute atomic E-state index is 12.8. The molecule has 1 fully saturated rings. The van der Waals surface area contributed by atoms with Crippen molar-refractivity contribution in [2.24, 2.45) is 5.41 Å². The van der Waals surface area contributed by atoms with Gasteiger partial charge in [0.1, 0.15) is 17.2 Å². The number of esters is 1. The Hall–Kier alpha value is -3.52. The van der Waals surface area contributed by atoms with Crippen LogP contribution < -0.4 is 14.2 Å². The van der Waals surface area contributed by atoms with Crippen LogP contribution in [0.25, 0.3) is 11.1 Å². The number of rotatable bonds is 11. The lowest BCUT2D eigenvalue weighted by Crippen LogP contribution is -2.31. The largest absolute Gasteiger partial charge is 0.573 e. The first-order valence-corrected chi connectivity index (χ1v) is 13.7. The molecule has 0 aromatic heterocycles. The number of halogens is 3. The second kappa shape index (κ2) is 11.5. The highest BCUT2D eigenvalue weighted by atomic mass is 19.4. The highest BCUT2D eigenvalue weighted by molar-refractivity contribution is 5.93. The Balaban J connectivity index is 1.14. The van der Waals surface area contributed by atoms with Crippen molar-refractivity contribution >= 4 is 5.97 Å². The molecular weight excluding hydrogens is 521 g/mol. The van der Waals surface area contributed by atoms with Crippen molar-refractivity contribution in [2.75, 3.05) is 19.8 Å². The van der Waals surface area contributed by atoms with Gasteiger partial charge in [0, 0.05) is 12.5 Å². The van der Waals surface area contributed by atoms with Gasteiger partial charge >= 0.3 is 12.3 Å². The summed E-state index contributed by atoms with van der Waals surface area (Å²) in [6.45, 7) is 6.62. The molecule has 5 rings (SSSR count). The van der Waals surface area contributed by atoms with Crippen LogP contribution >= 0.6 is 0 Å². The topological polar surface area (TPSA) is 54.0 Å². The number of hydrogen-bond donors (Lipinski definition) is 0. The average Bonchev–Trinajstić information content (AvgIpc) is 3.18. The van der Waals surface area contributed by atoms with E-state index in [0.717, 1.165) is 66.2 Å². The minimum absolute atomic E-state index is 0.0568. The van der Waals surface area contributed by atoms with Crippen LogP contribution in [0, 0.1) is 5.41 Å². The maximum atomic E-state index is 12.8. The molecule has 3 aromatic rings. The first-order valence-electron chi connectivity index (χ1n) is 13.7. The van der Waals surface area contributed by atoms with Gasteiger partial charge < -0.3 is 18.9 Å². The minimum atomic E-state index is -4.79. The molecule has 5 nitrogen and oxygen atoms in total. The fourth-order valence-electron chi connectivity index (χ4n) is 5.31. The molecule has 0 heterocycles. The van der Waals surface area contributed by atoms with E-state index in [-0.39, 0.29) is 17.4 Å². The van der Waals surface area contributed by atoms with Gasteiger partial charge in [0.15, 0.2) is 0 Å². The van der Waals surface area contributed by atoms with Crippen molar-refractivity contribution in [3.63, 3.8) is 0 Å². The van der Waals surface area contributed by atoms with Crippen molar-refractivity contribution in [1.29, 1.82) is 0 Å². The molecular formula is C32H33F3O5. The van der Waals surface area contributed by atoms with Crippen molar-refractivity contribution in [1.82, 2.24) is 0 Å². The van der Waals surface area contributed by atoms with Gasteiger partial charge in [-0.1, -0.05) is 32.4 Å². The smallest absolute Gasteiger partial charge is 0.494 e. The summed E-state index contributed by atoms with van der Waals surface area (Å²) in [5.41, 5.74) is 5.05. The van der Waals surface area contributed by atoms with Crippen LogP contribution in [0.5, 0.6) is 17.2 Å². The summed E-state index contributed by atoms with van der Waals surface area (Å²) in [5, 5.41) is 0. The third-order valence-electron chi connectivity index (χ3n) is 7.76. The summed E-state index contributed by atoms with van der Waals surface area (Å²) in [6.07, 6.45) is 0.955. The summed E-state index contributed by atoms with van der Waals surface area (Å²) < 4.78 is 58.2. The summed E-state index contributed by atoms with van der Waals surface area (Å²) in [7, 11) is 0. The van der Waals surface area contributed by atoms with E-state index < -0.39 is 12.3 Å². The molecule has 1 saturated carbocycles. The lowest BCUT2D eigenvalue weighted by atomic mass is 9.71. The van der Waals surface area contributed by atoms with E-state index in [2.05, 4.69) is 30.7 Å². The molecule has 40 heavy (non-hydrogen) atoms. The second-order valence-electron chi connectivity index (χ2n) is 11.0. The average molecular weight is 555 g/mol. The lowest BCUT2D eigenvalue weighted by molar-refractivity contribution is -0.274. The standard InChI is InChI=1S/C32H33F3O5/c1-21-28-18-22(30(36)39-23-7-9-24(10-8-23)40-32(33,34)35)6-12-26(28)27-13-11-25(19-29(21)27)38-17-4-3-16-37-20-31(2)14-5-15-31/h6-13,18-19,21H,3-5,14-17,20H2,1-2H3. The van der Waals surface area contributed by atoms with E-state index in [9.17, 15) is 18.0 Å². The van der Waals surface area contributed by atoms with Gasteiger partial charge in [0.2, 0.25) is 0 Å². The van der Waals surface area contributed by atoms with E-state index in [1.165, 1.54) is 31.4 Å². The van der Waals surface area contributed by atoms with Gasteiger partial charge in [-0.3, -0.25) is 0 Å².